The number of nitrogens with zero attached hydrogens (tertiary/aromatic N) is 2. The molecule has 0 bridgehead atoms. The first-order valence-electron chi connectivity index (χ1n) is 7.80. The van der Waals surface area contributed by atoms with Crippen LogP contribution in [0.3, 0.4) is 0 Å². The number of nitrogens with one attached hydrogen (secondary N) is 1. The summed E-state index contributed by atoms with van der Waals surface area (Å²) in [7, 11) is 0. The summed E-state index contributed by atoms with van der Waals surface area (Å²) in [5.41, 5.74) is 2.28. The molecule has 0 saturated carbocycles. The third-order valence-electron chi connectivity index (χ3n) is 4.06. The molecule has 0 spiro atoms. The topological polar surface area (TPSA) is 39.1 Å². The average molecular weight is 285 g/mol. The molecule has 0 radical (unpaired) electrons. The number of ether oxygens (including phenoxy) is 1. The van der Waals surface area contributed by atoms with Gasteiger partial charge >= 0.3 is 0 Å². The van der Waals surface area contributed by atoms with E-state index in [1.807, 2.05) is 37.6 Å². The lowest BCUT2D eigenvalue weighted by atomic mass is 9.97. The van der Waals surface area contributed by atoms with Gasteiger partial charge in [0.05, 0.1) is 30.5 Å². The number of aromatic nitrogens is 2. The first-order chi connectivity index (χ1) is 10.3. The quantitative estimate of drug-likeness (QED) is 0.935. The second-order valence-electron chi connectivity index (χ2n) is 5.64. The summed E-state index contributed by atoms with van der Waals surface area (Å²) in [4.78, 5) is 4.37. The van der Waals surface area contributed by atoms with Gasteiger partial charge < -0.3 is 10.1 Å². The van der Waals surface area contributed by atoms with Crippen molar-refractivity contribution in [3.8, 4) is 11.4 Å². The molecular weight excluding hydrogens is 262 g/mol. The lowest BCUT2D eigenvalue weighted by molar-refractivity contribution is 0.329. The van der Waals surface area contributed by atoms with Crippen LogP contribution >= 0.6 is 0 Å². The van der Waals surface area contributed by atoms with E-state index in [0.717, 1.165) is 17.9 Å². The number of para-hydroxylation sites is 2. The number of hydrogen-bond donors (Lipinski definition) is 1. The van der Waals surface area contributed by atoms with Crippen molar-refractivity contribution in [2.75, 3.05) is 6.61 Å². The van der Waals surface area contributed by atoms with Gasteiger partial charge in [0.1, 0.15) is 5.75 Å². The van der Waals surface area contributed by atoms with Crippen LogP contribution < -0.4 is 10.1 Å². The van der Waals surface area contributed by atoms with Gasteiger partial charge in [-0.25, -0.2) is 4.98 Å². The van der Waals surface area contributed by atoms with Crippen molar-refractivity contribution >= 4 is 0 Å². The Morgan fingerprint density at radius 2 is 2.19 bits per heavy atom. The van der Waals surface area contributed by atoms with Gasteiger partial charge in [-0.05, 0) is 45.2 Å². The summed E-state index contributed by atoms with van der Waals surface area (Å²) in [6.07, 6.45) is 7.52. The molecule has 1 aliphatic heterocycles. The molecule has 1 aromatic carbocycles. The number of imidazole rings is 1. The van der Waals surface area contributed by atoms with Crippen molar-refractivity contribution in [3.63, 3.8) is 0 Å². The van der Waals surface area contributed by atoms with Gasteiger partial charge in [0.15, 0.2) is 0 Å². The summed E-state index contributed by atoms with van der Waals surface area (Å²) in [6.45, 7) is 4.93. The van der Waals surface area contributed by atoms with Gasteiger partial charge in [-0.15, -0.1) is 0 Å². The smallest absolute Gasteiger partial charge is 0.143 e. The molecule has 1 aliphatic rings. The minimum absolute atomic E-state index is 0.367. The fourth-order valence-electron chi connectivity index (χ4n) is 3.07. The molecule has 1 N–H and O–H groups in total. The minimum atomic E-state index is 0.367. The molecule has 1 saturated heterocycles. The third kappa shape index (κ3) is 2.95. The van der Waals surface area contributed by atoms with Gasteiger partial charge in [-0.1, -0.05) is 12.1 Å². The maximum Gasteiger partial charge on any atom is 0.143 e. The van der Waals surface area contributed by atoms with Crippen molar-refractivity contribution in [1.82, 2.24) is 14.9 Å². The maximum absolute atomic E-state index is 5.76. The zero-order valence-corrected chi connectivity index (χ0v) is 12.7. The Bertz CT molecular complexity index is 593. The SMILES string of the molecule is CCOc1ccccc1-n1cncc1C1CCCC(C)N1. The van der Waals surface area contributed by atoms with Gasteiger partial charge in [-0.3, -0.25) is 4.57 Å². The standard InChI is InChI=1S/C17H23N3O/c1-3-21-17-10-5-4-9-15(17)20-12-18-11-16(20)14-8-6-7-13(2)19-14/h4-5,9-14,19H,3,6-8H2,1-2H3. The monoisotopic (exact) mass is 285 g/mol. The second kappa shape index (κ2) is 6.31. The normalized spacial score (nSPS) is 22.2. The van der Waals surface area contributed by atoms with E-state index in [2.05, 4.69) is 27.9 Å². The third-order valence-corrected chi connectivity index (χ3v) is 4.06. The second-order valence-corrected chi connectivity index (χ2v) is 5.64. The molecule has 0 aliphatic carbocycles. The van der Waals surface area contributed by atoms with Crippen LogP contribution in [-0.2, 0) is 0 Å². The first kappa shape index (κ1) is 14.1. The van der Waals surface area contributed by atoms with Crippen molar-refractivity contribution in [2.24, 2.45) is 0 Å². The molecule has 112 valence electrons. The van der Waals surface area contributed by atoms with Crippen LogP contribution in [0.5, 0.6) is 5.75 Å². The molecule has 2 unspecified atom stereocenters. The number of rotatable bonds is 4. The molecule has 4 nitrogen and oxygen atoms in total. The van der Waals surface area contributed by atoms with E-state index in [1.165, 1.54) is 18.5 Å². The zero-order valence-electron chi connectivity index (χ0n) is 12.7. The van der Waals surface area contributed by atoms with Crippen molar-refractivity contribution in [1.29, 1.82) is 0 Å². The summed E-state index contributed by atoms with van der Waals surface area (Å²) in [5.74, 6) is 0.906. The van der Waals surface area contributed by atoms with Gasteiger partial charge in [0, 0.05) is 12.1 Å². The lowest BCUT2D eigenvalue weighted by Gasteiger charge is -2.29. The largest absolute Gasteiger partial charge is 0.492 e. The predicted molar refractivity (Wildman–Crippen MR) is 83.9 cm³/mol. The molecule has 2 aromatic rings. The molecule has 1 fully saturated rings. The van der Waals surface area contributed by atoms with E-state index in [-0.39, 0.29) is 0 Å². The van der Waals surface area contributed by atoms with E-state index in [4.69, 9.17) is 4.74 Å². The van der Waals surface area contributed by atoms with Crippen LogP contribution in [0, 0.1) is 0 Å². The van der Waals surface area contributed by atoms with Crippen molar-refractivity contribution in [2.45, 2.75) is 45.2 Å². The Labute approximate surface area is 126 Å². The Morgan fingerprint density at radius 1 is 1.33 bits per heavy atom. The highest BCUT2D eigenvalue weighted by Crippen LogP contribution is 2.30. The van der Waals surface area contributed by atoms with E-state index >= 15 is 0 Å². The maximum atomic E-state index is 5.76. The average Bonchev–Trinajstić information content (AvgIpc) is 2.97. The Hall–Kier alpha value is -1.81. The molecule has 2 atom stereocenters. The summed E-state index contributed by atoms with van der Waals surface area (Å²) in [6, 6.07) is 9.08. The minimum Gasteiger partial charge on any atom is -0.492 e. The zero-order chi connectivity index (χ0) is 14.7. The molecule has 3 rings (SSSR count). The number of piperidine rings is 1. The van der Waals surface area contributed by atoms with Crippen molar-refractivity contribution in [3.05, 3.63) is 42.5 Å². The van der Waals surface area contributed by atoms with Crippen LogP contribution in [0.25, 0.3) is 5.69 Å². The van der Waals surface area contributed by atoms with Gasteiger partial charge in [-0.2, -0.15) is 0 Å². The molecule has 2 heterocycles. The van der Waals surface area contributed by atoms with E-state index in [1.54, 1.807) is 0 Å². The van der Waals surface area contributed by atoms with Crippen LogP contribution in [0.2, 0.25) is 0 Å². The fourth-order valence-corrected chi connectivity index (χ4v) is 3.07. The van der Waals surface area contributed by atoms with Crippen LogP contribution in [0.1, 0.15) is 44.8 Å². The molecular formula is C17H23N3O. The summed E-state index contributed by atoms with van der Waals surface area (Å²) >= 11 is 0. The highest BCUT2D eigenvalue weighted by molar-refractivity contribution is 5.47. The number of hydrogen-bond acceptors (Lipinski definition) is 3. The molecule has 4 heteroatoms. The summed E-state index contributed by atoms with van der Waals surface area (Å²) < 4.78 is 7.91. The van der Waals surface area contributed by atoms with Crippen LogP contribution in [-0.4, -0.2) is 22.2 Å². The molecule has 21 heavy (non-hydrogen) atoms. The van der Waals surface area contributed by atoms with Crippen LogP contribution in [0.15, 0.2) is 36.8 Å². The highest BCUT2D eigenvalue weighted by atomic mass is 16.5. The van der Waals surface area contributed by atoms with Crippen molar-refractivity contribution < 1.29 is 4.74 Å². The van der Waals surface area contributed by atoms with E-state index in [9.17, 15) is 0 Å². The summed E-state index contributed by atoms with van der Waals surface area (Å²) in [5, 5.41) is 3.68. The van der Waals surface area contributed by atoms with E-state index < -0.39 is 0 Å². The van der Waals surface area contributed by atoms with Crippen LogP contribution in [0.4, 0.5) is 0 Å². The number of benzene rings is 1. The molecule has 1 aromatic heterocycles. The predicted octanol–water partition coefficient (Wildman–Crippen LogP) is 3.47. The van der Waals surface area contributed by atoms with E-state index in [0.29, 0.717) is 18.7 Å². The molecule has 0 amide bonds. The first-order valence-corrected chi connectivity index (χ1v) is 7.80. The van der Waals surface area contributed by atoms with Gasteiger partial charge in [0.2, 0.25) is 0 Å². The van der Waals surface area contributed by atoms with Gasteiger partial charge in [0.25, 0.3) is 0 Å². The Kier molecular flexibility index (Phi) is 4.25. The lowest BCUT2D eigenvalue weighted by Crippen LogP contribution is -2.35. The highest BCUT2D eigenvalue weighted by Gasteiger charge is 2.23. The Balaban J connectivity index is 1.95. The fraction of sp³-hybridized carbons (Fsp3) is 0.471. The Morgan fingerprint density at radius 3 is 3.00 bits per heavy atom.